The molecule has 2 aliphatic heterocycles. The van der Waals surface area contributed by atoms with Crippen LogP contribution < -0.4 is 4.74 Å². The van der Waals surface area contributed by atoms with Gasteiger partial charge in [-0.25, -0.2) is 0 Å². The van der Waals surface area contributed by atoms with E-state index in [1.165, 1.54) is 25.9 Å². The molecular formula is C20H27N3O2. The largest absolute Gasteiger partial charge is 0.497 e. The molecule has 5 heteroatoms. The van der Waals surface area contributed by atoms with E-state index in [4.69, 9.17) is 4.74 Å². The van der Waals surface area contributed by atoms with E-state index in [0.717, 1.165) is 48.1 Å². The molecule has 1 amide bonds. The molecule has 1 N–H and O–H groups in total. The predicted molar refractivity (Wildman–Crippen MR) is 99.0 cm³/mol. The van der Waals surface area contributed by atoms with Crippen LogP contribution in [0.2, 0.25) is 0 Å². The molecule has 1 aromatic heterocycles. The van der Waals surface area contributed by atoms with E-state index in [9.17, 15) is 4.79 Å². The van der Waals surface area contributed by atoms with Crippen LogP contribution in [0.1, 0.15) is 31.2 Å². The van der Waals surface area contributed by atoms with Gasteiger partial charge in [0.25, 0.3) is 0 Å². The van der Waals surface area contributed by atoms with Gasteiger partial charge in [-0.1, -0.05) is 0 Å². The Morgan fingerprint density at radius 1 is 1.24 bits per heavy atom. The van der Waals surface area contributed by atoms with Gasteiger partial charge in [-0.05, 0) is 62.5 Å². The lowest BCUT2D eigenvalue weighted by atomic mass is 10.1. The number of nitrogens with zero attached hydrogens (tertiary/aromatic N) is 2. The number of rotatable bonds is 5. The van der Waals surface area contributed by atoms with Gasteiger partial charge < -0.3 is 19.5 Å². The van der Waals surface area contributed by atoms with Gasteiger partial charge in [-0.2, -0.15) is 0 Å². The summed E-state index contributed by atoms with van der Waals surface area (Å²) in [5.41, 5.74) is 2.12. The zero-order valence-corrected chi connectivity index (χ0v) is 15.0. The fourth-order valence-corrected chi connectivity index (χ4v) is 4.31. The van der Waals surface area contributed by atoms with Gasteiger partial charge in [0.1, 0.15) is 5.75 Å². The van der Waals surface area contributed by atoms with E-state index in [0.29, 0.717) is 12.5 Å². The maximum absolute atomic E-state index is 13.0. The Morgan fingerprint density at radius 2 is 2.08 bits per heavy atom. The number of hydrogen-bond acceptors (Lipinski definition) is 3. The summed E-state index contributed by atoms with van der Waals surface area (Å²) in [6.45, 7) is 4.35. The first-order valence-corrected chi connectivity index (χ1v) is 9.40. The predicted octanol–water partition coefficient (Wildman–Crippen LogP) is 2.81. The van der Waals surface area contributed by atoms with Crippen molar-refractivity contribution < 1.29 is 9.53 Å². The Morgan fingerprint density at radius 3 is 2.88 bits per heavy atom. The van der Waals surface area contributed by atoms with E-state index < -0.39 is 0 Å². The zero-order valence-electron chi connectivity index (χ0n) is 15.0. The number of aromatic amines is 1. The number of aromatic nitrogens is 1. The van der Waals surface area contributed by atoms with Crippen molar-refractivity contribution in [2.24, 2.45) is 0 Å². The number of fused-ring (bicyclic) bond motifs is 1. The van der Waals surface area contributed by atoms with Crippen molar-refractivity contribution in [2.45, 2.75) is 38.1 Å². The van der Waals surface area contributed by atoms with E-state index in [-0.39, 0.29) is 5.91 Å². The highest BCUT2D eigenvalue weighted by atomic mass is 16.5. The van der Waals surface area contributed by atoms with Crippen molar-refractivity contribution in [3.8, 4) is 5.75 Å². The summed E-state index contributed by atoms with van der Waals surface area (Å²) >= 11 is 0. The van der Waals surface area contributed by atoms with Gasteiger partial charge >= 0.3 is 0 Å². The number of methoxy groups -OCH3 is 1. The smallest absolute Gasteiger partial charge is 0.227 e. The number of carbonyl (C=O) groups excluding carboxylic acids is 1. The second kappa shape index (κ2) is 7.08. The summed E-state index contributed by atoms with van der Waals surface area (Å²) in [7, 11) is 1.67. The highest BCUT2D eigenvalue weighted by molar-refractivity contribution is 5.90. The first-order valence-electron chi connectivity index (χ1n) is 9.40. The molecule has 0 aliphatic carbocycles. The average Bonchev–Trinajstić information content (AvgIpc) is 3.36. The molecule has 5 nitrogen and oxygen atoms in total. The first-order chi connectivity index (χ1) is 12.2. The minimum Gasteiger partial charge on any atom is -0.497 e. The monoisotopic (exact) mass is 341 g/mol. The molecule has 1 unspecified atom stereocenters. The van der Waals surface area contributed by atoms with Gasteiger partial charge in [0.2, 0.25) is 5.91 Å². The van der Waals surface area contributed by atoms with E-state index in [1.54, 1.807) is 7.11 Å². The number of carbonyl (C=O) groups is 1. The van der Waals surface area contributed by atoms with Crippen molar-refractivity contribution in [1.29, 1.82) is 0 Å². The maximum atomic E-state index is 13.0. The van der Waals surface area contributed by atoms with Crippen LogP contribution in [0.3, 0.4) is 0 Å². The van der Waals surface area contributed by atoms with Gasteiger partial charge in [-0.3, -0.25) is 4.79 Å². The third-order valence-electron chi connectivity index (χ3n) is 5.68. The second-order valence-corrected chi connectivity index (χ2v) is 7.29. The van der Waals surface area contributed by atoms with Crippen LogP contribution in [-0.4, -0.2) is 60.0 Å². The quantitative estimate of drug-likeness (QED) is 0.910. The summed E-state index contributed by atoms with van der Waals surface area (Å²) in [6, 6.07) is 6.36. The van der Waals surface area contributed by atoms with Crippen molar-refractivity contribution in [1.82, 2.24) is 14.8 Å². The highest BCUT2D eigenvalue weighted by Gasteiger charge is 2.31. The zero-order chi connectivity index (χ0) is 17.2. The Bertz CT molecular complexity index is 748. The lowest BCUT2D eigenvalue weighted by Crippen LogP contribution is -2.43. The van der Waals surface area contributed by atoms with E-state index in [2.05, 4.69) is 14.8 Å². The fourth-order valence-electron chi connectivity index (χ4n) is 4.31. The summed E-state index contributed by atoms with van der Waals surface area (Å²) in [5, 5.41) is 1.09. The molecule has 2 fully saturated rings. The fraction of sp³-hybridized carbons (Fsp3) is 0.550. The summed E-state index contributed by atoms with van der Waals surface area (Å²) in [4.78, 5) is 20.9. The Balaban J connectivity index is 1.47. The van der Waals surface area contributed by atoms with E-state index >= 15 is 0 Å². The van der Waals surface area contributed by atoms with Crippen LogP contribution in [0.5, 0.6) is 5.75 Å². The Hall–Kier alpha value is -2.01. The number of benzene rings is 1. The lowest BCUT2D eigenvalue weighted by molar-refractivity contribution is -0.131. The van der Waals surface area contributed by atoms with Crippen molar-refractivity contribution in [3.05, 3.63) is 30.0 Å². The van der Waals surface area contributed by atoms with Crippen LogP contribution in [0.4, 0.5) is 0 Å². The molecule has 0 bridgehead atoms. The molecule has 0 radical (unpaired) electrons. The number of likely N-dealkylation sites (tertiary alicyclic amines) is 2. The molecule has 3 heterocycles. The Kier molecular flexibility index (Phi) is 4.66. The first kappa shape index (κ1) is 16.5. The summed E-state index contributed by atoms with van der Waals surface area (Å²) < 4.78 is 5.33. The molecular weight excluding hydrogens is 314 g/mol. The molecule has 2 aromatic rings. The molecule has 1 atom stereocenters. The van der Waals surface area contributed by atoms with Gasteiger partial charge in [0.05, 0.1) is 13.5 Å². The molecule has 0 saturated carbocycles. The Labute approximate surface area is 148 Å². The van der Waals surface area contributed by atoms with Crippen LogP contribution in [0.15, 0.2) is 24.4 Å². The van der Waals surface area contributed by atoms with Crippen LogP contribution in [0.25, 0.3) is 10.9 Å². The van der Waals surface area contributed by atoms with Crippen LogP contribution in [-0.2, 0) is 11.2 Å². The lowest BCUT2D eigenvalue weighted by Gasteiger charge is -2.28. The molecule has 0 spiro atoms. The van der Waals surface area contributed by atoms with Gasteiger partial charge in [0, 0.05) is 36.2 Å². The van der Waals surface area contributed by atoms with Crippen LogP contribution >= 0.6 is 0 Å². The third-order valence-corrected chi connectivity index (χ3v) is 5.68. The molecule has 25 heavy (non-hydrogen) atoms. The summed E-state index contributed by atoms with van der Waals surface area (Å²) in [6.07, 6.45) is 7.31. The standard InChI is InChI=1S/C20H27N3O2/c1-25-17-6-7-19-18(12-17)15(13-21-19)11-20(24)23-10-4-5-16(23)14-22-8-2-3-9-22/h6-7,12-13,16,21H,2-5,8-11,14H2,1H3. The minimum absolute atomic E-state index is 0.255. The topological polar surface area (TPSA) is 48.6 Å². The molecule has 134 valence electrons. The average molecular weight is 341 g/mol. The molecule has 1 aromatic carbocycles. The third kappa shape index (κ3) is 3.38. The number of ether oxygens (including phenoxy) is 1. The SMILES string of the molecule is COc1ccc2[nH]cc(CC(=O)N3CCCC3CN3CCCC3)c2c1. The normalized spacial score (nSPS) is 21.3. The molecule has 2 saturated heterocycles. The number of nitrogens with one attached hydrogen (secondary N) is 1. The summed E-state index contributed by atoms with van der Waals surface area (Å²) in [5.74, 6) is 1.08. The van der Waals surface area contributed by atoms with Gasteiger partial charge in [-0.15, -0.1) is 0 Å². The maximum Gasteiger partial charge on any atom is 0.227 e. The van der Waals surface area contributed by atoms with Gasteiger partial charge in [0.15, 0.2) is 0 Å². The second-order valence-electron chi connectivity index (χ2n) is 7.29. The number of H-pyrrole nitrogens is 1. The molecule has 2 aliphatic rings. The number of amides is 1. The van der Waals surface area contributed by atoms with Crippen LogP contribution in [0, 0.1) is 0 Å². The minimum atomic E-state index is 0.255. The van der Waals surface area contributed by atoms with Crippen molar-refractivity contribution >= 4 is 16.8 Å². The van der Waals surface area contributed by atoms with E-state index in [1.807, 2.05) is 24.4 Å². The number of hydrogen-bond donors (Lipinski definition) is 1. The van der Waals surface area contributed by atoms with Crippen molar-refractivity contribution in [2.75, 3.05) is 33.3 Å². The molecule has 4 rings (SSSR count). The highest BCUT2D eigenvalue weighted by Crippen LogP contribution is 2.26. The van der Waals surface area contributed by atoms with Crippen molar-refractivity contribution in [3.63, 3.8) is 0 Å².